The number of benzene rings is 1. The van der Waals surface area contributed by atoms with E-state index in [1.807, 2.05) is 32.9 Å². The van der Waals surface area contributed by atoms with Crippen molar-refractivity contribution in [3.05, 3.63) is 33.8 Å². The number of carbonyl (C=O) groups is 1. The molecule has 1 heterocycles. The molecule has 0 saturated heterocycles. The molecule has 1 unspecified atom stereocenters. The van der Waals surface area contributed by atoms with Crippen molar-refractivity contribution in [1.82, 2.24) is 4.90 Å². The first-order valence-corrected chi connectivity index (χ1v) is 7.88. The molecule has 1 aliphatic heterocycles. The van der Waals surface area contributed by atoms with Crippen molar-refractivity contribution < 1.29 is 14.3 Å². The second-order valence-electron chi connectivity index (χ2n) is 6.17. The molecule has 1 aromatic rings. The van der Waals surface area contributed by atoms with Crippen LogP contribution in [0.15, 0.2) is 22.7 Å². The highest BCUT2D eigenvalue weighted by atomic mass is 79.9. The number of hydrogen-bond acceptors (Lipinski definition) is 3. The molecule has 0 bridgehead atoms. The van der Waals surface area contributed by atoms with Crippen molar-refractivity contribution in [2.75, 3.05) is 20.3 Å². The molecule has 0 aromatic heterocycles. The van der Waals surface area contributed by atoms with Crippen LogP contribution in [-0.2, 0) is 15.9 Å². The molecule has 116 valence electrons. The summed E-state index contributed by atoms with van der Waals surface area (Å²) < 4.78 is 11.9. The van der Waals surface area contributed by atoms with Crippen LogP contribution in [0, 0.1) is 0 Å². The highest BCUT2D eigenvalue weighted by Gasteiger charge is 2.32. The molecule has 5 heteroatoms. The van der Waals surface area contributed by atoms with Crippen molar-refractivity contribution >= 4 is 22.0 Å². The third-order valence-corrected chi connectivity index (χ3v) is 4.47. The van der Waals surface area contributed by atoms with E-state index in [4.69, 9.17) is 9.47 Å². The fourth-order valence-electron chi connectivity index (χ4n) is 2.58. The van der Waals surface area contributed by atoms with E-state index in [0.717, 1.165) is 16.5 Å². The minimum absolute atomic E-state index is 0.121. The number of methoxy groups -OCH3 is 1. The van der Waals surface area contributed by atoms with Crippen LogP contribution < -0.4 is 0 Å². The van der Waals surface area contributed by atoms with Gasteiger partial charge >= 0.3 is 6.09 Å². The molecule has 0 spiro atoms. The number of amides is 1. The van der Waals surface area contributed by atoms with E-state index in [1.165, 1.54) is 12.7 Å². The largest absolute Gasteiger partial charge is 0.453 e. The summed E-state index contributed by atoms with van der Waals surface area (Å²) in [5.41, 5.74) is 2.10. The Balaban J connectivity index is 2.28. The van der Waals surface area contributed by atoms with Crippen molar-refractivity contribution in [1.29, 1.82) is 0 Å². The van der Waals surface area contributed by atoms with Gasteiger partial charge in [-0.1, -0.05) is 28.1 Å². The zero-order valence-electron chi connectivity index (χ0n) is 13.0. The zero-order chi connectivity index (χ0) is 15.6. The van der Waals surface area contributed by atoms with Gasteiger partial charge in [0.05, 0.1) is 20.3 Å². The molecule has 0 saturated carbocycles. The normalized spacial score (nSPS) is 18.0. The summed E-state index contributed by atoms with van der Waals surface area (Å²) in [7, 11) is 1.41. The quantitative estimate of drug-likeness (QED) is 0.806. The predicted molar refractivity (Wildman–Crippen MR) is 85.4 cm³/mol. The Bertz CT molecular complexity index is 525. The summed E-state index contributed by atoms with van der Waals surface area (Å²) in [5.74, 6) is 0. The van der Waals surface area contributed by atoms with Crippen molar-refractivity contribution in [3.8, 4) is 0 Å². The van der Waals surface area contributed by atoms with E-state index >= 15 is 0 Å². The topological polar surface area (TPSA) is 38.8 Å². The van der Waals surface area contributed by atoms with Crippen LogP contribution in [0.5, 0.6) is 0 Å². The predicted octanol–water partition coefficient (Wildman–Crippen LogP) is 3.93. The first-order valence-electron chi connectivity index (χ1n) is 7.09. The minimum atomic E-state index is -0.326. The first kappa shape index (κ1) is 16.3. The summed E-state index contributed by atoms with van der Waals surface area (Å²) in [5, 5.41) is 0. The van der Waals surface area contributed by atoms with Gasteiger partial charge in [0.15, 0.2) is 0 Å². The SMILES string of the molecule is COC(=O)N(CC1OCCc2c(Br)cccc21)C(C)(C)C. The maximum atomic E-state index is 12.1. The Morgan fingerprint density at radius 1 is 1.48 bits per heavy atom. The van der Waals surface area contributed by atoms with E-state index in [1.54, 1.807) is 4.90 Å². The molecule has 0 fully saturated rings. The number of ether oxygens (including phenoxy) is 2. The van der Waals surface area contributed by atoms with E-state index in [9.17, 15) is 4.79 Å². The maximum absolute atomic E-state index is 12.1. The molecule has 21 heavy (non-hydrogen) atoms. The Morgan fingerprint density at radius 3 is 2.81 bits per heavy atom. The van der Waals surface area contributed by atoms with Crippen molar-refractivity contribution in [2.24, 2.45) is 0 Å². The van der Waals surface area contributed by atoms with Crippen molar-refractivity contribution in [3.63, 3.8) is 0 Å². The summed E-state index contributed by atoms with van der Waals surface area (Å²) in [6.07, 6.45) is 0.443. The van der Waals surface area contributed by atoms with Gasteiger partial charge in [0.25, 0.3) is 0 Å². The fraction of sp³-hybridized carbons (Fsp3) is 0.562. The molecule has 1 atom stereocenters. The molecule has 0 radical (unpaired) electrons. The molecule has 1 aromatic carbocycles. The van der Waals surface area contributed by atoms with Crippen LogP contribution in [0.3, 0.4) is 0 Å². The van der Waals surface area contributed by atoms with Gasteiger partial charge in [-0.2, -0.15) is 0 Å². The van der Waals surface area contributed by atoms with E-state index in [2.05, 4.69) is 22.0 Å². The lowest BCUT2D eigenvalue weighted by Gasteiger charge is -2.38. The second-order valence-corrected chi connectivity index (χ2v) is 7.02. The van der Waals surface area contributed by atoms with Gasteiger partial charge in [-0.25, -0.2) is 4.79 Å². The molecular weight excluding hydrogens is 334 g/mol. The second kappa shape index (κ2) is 6.36. The number of rotatable bonds is 2. The van der Waals surface area contributed by atoms with Gasteiger partial charge in [0.1, 0.15) is 6.10 Å². The van der Waals surface area contributed by atoms with Crippen LogP contribution in [0.1, 0.15) is 38.0 Å². The zero-order valence-corrected chi connectivity index (χ0v) is 14.6. The third-order valence-electron chi connectivity index (χ3n) is 3.73. The molecule has 2 rings (SSSR count). The summed E-state index contributed by atoms with van der Waals surface area (Å²) in [6.45, 7) is 7.14. The molecular formula is C16H22BrNO3. The average Bonchev–Trinajstić information content (AvgIpc) is 2.43. The molecule has 1 amide bonds. The maximum Gasteiger partial charge on any atom is 0.410 e. The fourth-order valence-corrected chi connectivity index (χ4v) is 3.16. The van der Waals surface area contributed by atoms with E-state index in [0.29, 0.717) is 13.2 Å². The van der Waals surface area contributed by atoms with E-state index in [-0.39, 0.29) is 17.7 Å². The summed E-state index contributed by atoms with van der Waals surface area (Å²) >= 11 is 3.60. The van der Waals surface area contributed by atoms with Gasteiger partial charge in [0, 0.05) is 10.0 Å². The van der Waals surface area contributed by atoms with Crippen LogP contribution in [0.25, 0.3) is 0 Å². The lowest BCUT2D eigenvalue weighted by Crippen LogP contribution is -2.48. The summed E-state index contributed by atoms with van der Waals surface area (Å²) in [4.78, 5) is 13.8. The lowest BCUT2D eigenvalue weighted by molar-refractivity contribution is -0.00413. The summed E-state index contributed by atoms with van der Waals surface area (Å²) in [6, 6.07) is 6.12. The van der Waals surface area contributed by atoms with Gasteiger partial charge in [-0.05, 0) is 44.4 Å². The first-order chi connectivity index (χ1) is 9.84. The van der Waals surface area contributed by atoms with Crippen LogP contribution in [-0.4, -0.2) is 36.8 Å². The number of halogens is 1. The van der Waals surface area contributed by atoms with E-state index < -0.39 is 0 Å². The molecule has 0 aliphatic carbocycles. The number of nitrogens with zero attached hydrogens (tertiary/aromatic N) is 1. The minimum Gasteiger partial charge on any atom is -0.453 e. The Labute approximate surface area is 134 Å². The number of carbonyl (C=O) groups excluding carboxylic acids is 1. The van der Waals surface area contributed by atoms with Gasteiger partial charge in [-0.15, -0.1) is 0 Å². The lowest BCUT2D eigenvalue weighted by atomic mass is 9.96. The third kappa shape index (κ3) is 3.58. The average molecular weight is 356 g/mol. The van der Waals surface area contributed by atoms with Gasteiger partial charge in [0.2, 0.25) is 0 Å². The Hall–Kier alpha value is -1.07. The number of fused-ring (bicyclic) bond motifs is 1. The van der Waals surface area contributed by atoms with Crippen molar-refractivity contribution in [2.45, 2.75) is 38.8 Å². The standard InChI is InChI=1S/C16H22BrNO3/c1-16(2,3)18(15(19)20-4)10-14-12-6-5-7-13(17)11(12)8-9-21-14/h5-7,14H,8-10H2,1-4H3. The van der Waals surface area contributed by atoms with Crippen LogP contribution in [0.2, 0.25) is 0 Å². The monoisotopic (exact) mass is 355 g/mol. The Morgan fingerprint density at radius 2 is 2.19 bits per heavy atom. The van der Waals surface area contributed by atoms with Gasteiger partial charge < -0.3 is 14.4 Å². The number of hydrogen-bond donors (Lipinski definition) is 0. The highest BCUT2D eigenvalue weighted by Crippen LogP contribution is 2.33. The van der Waals surface area contributed by atoms with Crippen LogP contribution in [0.4, 0.5) is 4.79 Å². The molecule has 0 N–H and O–H groups in total. The molecule has 1 aliphatic rings. The highest BCUT2D eigenvalue weighted by molar-refractivity contribution is 9.10. The van der Waals surface area contributed by atoms with Crippen LogP contribution >= 0.6 is 15.9 Å². The molecule has 4 nitrogen and oxygen atoms in total. The Kier molecular flexibility index (Phi) is 4.94. The smallest absolute Gasteiger partial charge is 0.410 e. The van der Waals surface area contributed by atoms with Gasteiger partial charge in [-0.3, -0.25) is 0 Å².